The van der Waals surface area contributed by atoms with Crippen LogP contribution in [0.1, 0.15) is 12.0 Å². The Morgan fingerprint density at radius 3 is 2.72 bits per heavy atom. The number of hydrogen-bond donors (Lipinski definition) is 0. The molecule has 0 aliphatic rings. The second-order valence-electron chi connectivity index (χ2n) is 3.97. The van der Waals surface area contributed by atoms with Crippen molar-refractivity contribution in [2.45, 2.75) is 13.0 Å². The van der Waals surface area contributed by atoms with E-state index in [0.717, 1.165) is 19.3 Å². The van der Waals surface area contributed by atoms with Crippen molar-refractivity contribution in [2.75, 3.05) is 13.1 Å². The molecule has 0 fully saturated rings. The first-order valence-electron chi connectivity index (χ1n) is 5.83. The Hall–Kier alpha value is -2.03. The summed E-state index contributed by atoms with van der Waals surface area (Å²) < 4.78 is 0. The topological polar surface area (TPSA) is 56.7 Å². The predicted molar refractivity (Wildman–Crippen MR) is 71.2 cm³/mol. The zero-order valence-corrected chi connectivity index (χ0v) is 10.3. The van der Waals surface area contributed by atoms with Crippen LogP contribution in [-0.4, -0.2) is 34.8 Å². The van der Waals surface area contributed by atoms with Crippen LogP contribution in [0.25, 0.3) is 5.53 Å². The average Bonchev–Trinajstić information content (AvgIpc) is 2.38. The summed E-state index contributed by atoms with van der Waals surface area (Å²) in [5.41, 5.74) is 9.46. The summed E-state index contributed by atoms with van der Waals surface area (Å²) in [5, 5.41) is 0. The van der Waals surface area contributed by atoms with Crippen LogP contribution in [0, 0.1) is 0 Å². The molecular formula is C14H17N3O. The van der Waals surface area contributed by atoms with E-state index in [9.17, 15) is 4.79 Å². The Morgan fingerprint density at radius 1 is 1.39 bits per heavy atom. The van der Waals surface area contributed by atoms with Crippen molar-refractivity contribution < 1.29 is 9.58 Å². The van der Waals surface area contributed by atoms with Crippen LogP contribution >= 0.6 is 0 Å². The normalized spacial score (nSPS) is 9.83. The van der Waals surface area contributed by atoms with Crippen molar-refractivity contribution in [3.63, 3.8) is 0 Å². The van der Waals surface area contributed by atoms with E-state index in [4.69, 9.17) is 5.53 Å². The molecule has 0 amide bonds. The third-order valence-corrected chi connectivity index (χ3v) is 2.51. The van der Waals surface area contributed by atoms with E-state index in [-0.39, 0.29) is 5.78 Å². The van der Waals surface area contributed by atoms with Gasteiger partial charge in [-0.25, -0.2) is 0 Å². The van der Waals surface area contributed by atoms with E-state index in [1.807, 2.05) is 36.4 Å². The highest BCUT2D eigenvalue weighted by atomic mass is 16.1. The Kier molecular flexibility index (Phi) is 6.33. The molecule has 0 aliphatic heterocycles. The summed E-state index contributed by atoms with van der Waals surface area (Å²) in [7, 11) is 0. The highest BCUT2D eigenvalue weighted by molar-refractivity contribution is 6.25. The second kappa shape index (κ2) is 8.12. The highest BCUT2D eigenvalue weighted by Gasteiger charge is 2.08. The molecule has 0 aromatic heterocycles. The van der Waals surface area contributed by atoms with E-state index >= 15 is 0 Å². The third kappa shape index (κ3) is 5.34. The molecule has 94 valence electrons. The first-order valence-corrected chi connectivity index (χ1v) is 5.83. The summed E-state index contributed by atoms with van der Waals surface area (Å²) >= 11 is 0. The predicted octanol–water partition coefficient (Wildman–Crippen LogP) is 1.93. The maximum atomic E-state index is 11.2. The molecule has 0 aliphatic carbocycles. The fourth-order valence-corrected chi connectivity index (χ4v) is 1.66. The van der Waals surface area contributed by atoms with Gasteiger partial charge >= 0.3 is 6.21 Å². The molecule has 0 bridgehead atoms. The number of carbonyl (C=O) groups is 1. The molecule has 0 radical (unpaired) electrons. The van der Waals surface area contributed by atoms with Crippen molar-refractivity contribution in [3.8, 4) is 0 Å². The number of carbonyl (C=O) groups excluding carboxylic acids is 1. The van der Waals surface area contributed by atoms with Gasteiger partial charge in [0, 0.05) is 26.1 Å². The van der Waals surface area contributed by atoms with E-state index < -0.39 is 0 Å². The van der Waals surface area contributed by atoms with Crippen molar-refractivity contribution in [1.29, 1.82) is 0 Å². The van der Waals surface area contributed by atoms with Gasteiger partial charge in [0.1, 0.15) is 0 Å². The fraction of sp³-hybridized carbons (Fsp3) is 0.286. The number of benzene rings is 1. The zero-order valence-electron chi connectivity index (χ0n) is 10.3. The summed E-state index contributed by atoms with van der Waals surface area (Å²) in [6, 6.07) is 10.1. The van der Waals surface area contributed by atoms with Gasteiger partial charge in [0.15, 0.2) is 0 Å². The lowest BCUT2D eigenvalue weighted by molar-refractivity contribution is -0.116. The highest BCUT2D eigenvalue weighted by Crippen LogP contribution is 2.05. The number of hydrogen-bond acceptors (Lipinski definition) is 2. The summed E-state index contributed by atoms with van der Waals surface area (Å²) in [5.74, 6) is -0.181. The van der Waals surface area contributed by atoms with Gasteiger partial charge in [-0.2, -0.15) is 4.79 Å². The quantitative estimate of drug-likeness (QED) is 0.303. The molecule has 0 spiro atoms. The van der Waals surface area contributed by atoms with Gasteiger partial charge < -0.3 is 5.53 Å². The van der Waals surface area contributed by atoms with E-state index in [1.54, 1.807) is 0 Å². The SMILES string of the molecule is C=CCN(CCC(=O)C=[N+]=[N-])Cc1ccccc1. The molecular weight excluding hydrogens is 226 g/mol. The van der Waals surface area contributed by atoms with Crippen LogP contribution in [0.5, 0.6) is 0 Å². The Labute approximate surface area is 107 Å². The molecule has 0 atom stereocenters. The minimum atomic E-state index is -0.181. The average molecular weight is 243 g/mol. The lowest BCUT2D eigenvalue weighted by Crippen LogP contribution is -2.26. The Balaban J connectivity index is 2.52. The molecule has 0 saturated heterocycles. The van der Waals surface area contributed by atoms with Gasteiger partial charge in [-0.05, 0) is 5.56 Å². The standard InChI is InChI=1S/C14H17N3O/c1-2-9-17(10-8-14(18)11-16-15)12-13-6-4-3-5-7-13/h2-7,11H,1,8-10,12H2. The van der Waals surface area contributed by atoms with E-state index in [0.29, 0.717) is 13.0 Å². The minimum absolute atomic E-state index is 0.181. The molecule has 18 heavy (non-hydrogen) atoms. The largest absolute Gasteiger partial charge is 0.361 e. The van der Waals surface area contributed by atoms with Gasteiger partial charge in [0.2, 0.25) is 5.78 Å². The molecule has 4 nitrogen and oxygen atoms in total. The van der Waals surface area contributed by atoms with Crippen LogP contribution in [0.2, 0.25) is 0 Å². The van der Waals surface area contributed by atoms with Crippen LogP contribution < -0.4 is 0 Å². The summed E-state index contributed by atoms with van der Waals surface area (Å²) in [6.45, 7) is 5.82. The van der Waals surface area contributed by atoms with E-state index in [1.165, 1.54) is 5.56 Å². The molecule has 0 N–H and O–H groups in total. The van der Waals surface area contributed by atoms with Crippen LogP contribution in [0.3, 0.4) is 0 Å². The maximum absolute atomic E-state index is 11.2. The summed E-state index contributed by atoms with van der Waals surface area (Å²) in [4.78, 5) is 16.1. The monoisotopic (exact) mass is 243 g/mol. The lowest BCUT2D eigenvalue weighted by atomic mass is 10.2. The first-order chi connectivity index (χ1) is 8.76. The maximum Gasteiger partial charge on any atom is 0.323 e. The zero-order chi connectivity index (χ0) is 13.2. The molecule has 0 unspecified atom stereocenters. The van der Waals surface area contributed by atoms with Crippen LogP contribution in [0.15, 0.2) is 43.0 Å². The first kappa shape index (κ1) is 14.0. The lowest BCUT2D eigenvalue weighted by Gasteiger charge is -2.19. The molecule has 1 rings (SSSR count). The van der Waals surface area contributed by atoms with Gasteiger partial charge in [0.05, 0.1) is 0 Å². The minimum Gasteiger partial charge on any atom is -0.361 e. The number of nitrogens with zero attached hydrogens (tertiary/aromatic N) is 3. The molecule has 0 heterocycles. The van der Waals surface area contributed by atoms with Crippen LogP contribution in [-0.2, 0) is 11.3 Å². The number of Topliss-reactive ketones (excluding diaryl/α,β-unsaturated/α-hetero) is 1. The van der Waals surface area contributed by atoms with E-state index in [2.05, 4.69) is 16.3 Å². The Bertz CT molecular complexity index is 436. The molecule has 0 saturated carbocycles. The van der Waals surface area contributed by atoms with Crippen LogP contribution in [0.4, 0.5) is 0 Å². The van der Waals surface area contributed by atoms with Gasteiger partial charge in [0.25, 0.3) is 0 Å². The fourth-order valence-electron chi connectivity index (χ4n) is 1.66. The second-order valence-corrected chi connectivity index (χ2v) is 3.97. The number of ketones is 1. The van der Waals surface area contributed by atoms with Gasteiger partial charge in [-0.15, -0.1) is 6.58 Å². The number of rotatable bonds is 8. The van der Waals surface area contributed by atoms with Crippen molar-refractivity contribution >= 4 is 12.0 Å². The molecule has 1 aromatic rings. The summed E-state index contributed by atoms with van der Waals surface area (Å²) in [6.07, 6.45) is 3.09. The third-order valence-electron chi connectivity index (χ3n) is 2.51. The van der Waals surface area contributed by atoms with Crippen molar-refractivity contribution in [2.24, 2.45) is 0 Å². The molecule has 1 aromatic carbocycles. The van der Waals surface area contributed by atoms with Crippen molar-refractivity contribution in [3.05, 3.63) is 54.1 Å². The van der Waals surface area contributed by atoms with Gasteiger partial charge in [-0.3, -0.25) is 9.69 Å². The smallest absolute Gasteiger partial charge is 0.323 e. The van der Waals surface area contributed by atoms with Crippen molar-refractivity contribution in [1.82, 2.24) is 4.90 Å². The van der Waals surface area contributed by atoms with Gasteiger partial charge in [-0.1, -0.05) is 36.4 Å². The Morgan fingerprint density at radius 2 is 2.11 bits per heavy atom. The molecule has 4 heteroatoms.